The molecule has 0 N–H and O–H groups in total. The molecule has 10 heavy (non-hydrogen) atoms. The van der Waals surface area contributed by atoms with Gasteiger partial charge in [0.05, 0.1) is 0 Å². The Hall–Kier alpha value is 0.392. The standard InChI is InChI=1S/C4H8O2.3CH3.Pb/c1-3(2)4(5)6;;;;/h3H,1-2H3,(H,5,6);3*1H3;/q;;;;+1/p-1. The number of carbonyl (C=O) groups is 1. The minimum atomic E-state index is -2.40. The van der Waals surface area contributed by atoms with Gasteiger partial charge in [0.1, 0.15) is 0 Å². The predicted molar refractivity (Wildman–Crippen MR) is 44.3 cm³/mol. The van der Waals surface area contributed by atoms with Crippen molar-refractivity contribution in [3.63, 3.8) is 0 Å². The molecule has 0 spiro atoms. The molecule has 0 radical (unpaired) electrons. The predicted octanol–water partition coefficient (Wildman–Crippen LogP) is 2.02. The first-order valence-corrected chi connectivity index (χ1v) is 16.8. The Balaban J connectivity index is 3.81. The maximum absolute atomic E-state index is 11.0. The zero-order valence-electron chi connectivity index (χ0n) is 7.39. The molecule has 0 rings (SSSR count). The molecule has 0 unspecified atom stereocenters. The van der Waals surface area contributed by atoms with Gasteiger partial charge >= 0.3 is 68.3 Å². The Kier molecular flexibility index (Phi) is 3.83. The first-order valence-electron chi connectivity index (χ1n) is 3.56. The number of hydrogen-bond acceptors (Lipinski definition) is 2. The van der Waals surface area contributed by atoms with Crippen LogP contribution in [0.3, 0.4) is 0 Å². The van der Waals surface area contributed by atoms with Gasteiger partial charge < -0.3 is 0 Å². The van der Waals surface area contributed by atoms with Crippen LogP contribution in [0.1, 0.15) is 13.8 Å². The fourth-order valence-electron chi connectivity index (χ4n) is 0.420. The Morgan fingerprint density at radius 2 is 1.70 bits per heavy atom. The van der Waals surface area contributed by atoms with E-state index in [0.717, 1.165) is 0 Å². The maximum atomic E-state index is 11.0. The summed E-state index contributed by atoms with van der Waals surface area (Å²) in [6.45, 7) is 3.73. The minimum absolute atomic E-state index is 0.0271. The molecule has 3 heteroatoms. The first kappa shape index (κ1) is 10.4. The SMILES string of the molecule is CC(C)C(=O)[O][Pb]([CH3])([CH3])[CH3]. The van der Waals surface area contributed by atoms with E-state index in [0.29, 0.717) is 0 Å². The summed E-state index contributed by atoms with van der Waals surface area (Å²) in [6.07, 6.45) is 0. The van der Waals surface area contributed by atoms with Crippen LogP contribution in [-0.2, 0) is 7.48 Å². The van der Waals surface area contributed by atoms with E-state index in [2.05, 4.69) is 13.4 Å². The van der Waals surface area contributed by atoms with Crippen LogP contribution in [0.15, 0.2) is 0 Å². The topological polar surface area (TPSA) is 26.3 Å². The molecule has 0 aromatic heterocycles. The van der Waals surface area contributed by atoms with Crippen LogP contribution in [-0.4, -0.2) is 27.6 Å². The van der Waals surface area contributed by atoms with Gasteiger partial charge in [0.25, 0.3) is 0 Å². The summed E-state index contributed by atoms with van der Waals surface area (Å²) in [6, 6.07) is 0. The van der Waals surface area contributed by atoms with Gasteiger partial charge in [-0.3, -0.25) is 0 Å². The summed E-state index contributed by atoms with van der Waals surface area (Å²) in [7, 11) is 0. The summed E-state index contributed by atoms with van der Waals surface area (Å²) in [4.78, 5) is 11.0. The van der Waals surface area contributed by atoms with E-state index in [4.69, 9.17) is 2.69 Å². The van der Waals surface area contributed by atoms with Crippen molar-refractivity contribution in [2.45, 2.75) is 27.3 Å². The molecule has 0 amide bonds. The van der Waals surface area contributed by atoms with Crippen molar-refractivity contribution < 1.29 is 7.48 Å². The molecule has 0 aliphatic carbocycles. The average Bonchev–Trinajstić information content (AvgIpc) is 1.60. The summed E-state index contributed by atoms with van der Waals surface area (Å²) < 4.78 is 11.6. The fraction of sp³-hybridized carbons (Fsp3) is 0.857. The molecule has 0 bridgehead atoms. The zero-order chi connectivity index (χ0) is 8.36. The molecule has 0 atom stereocenters. The van der Waals surface area contributed by atoms with E-state index in [1.165, 1.54) is 0 Å². The molecule has 60 valence electrons. The van der Waals surface area contributed by atoms with E-state index in [9.17, 15) is 4.79 Å². The van der Waals surface area contributed by atoms with Crippen molar-refractivity contribution in [2.75, 3.05) is 0 Å². The molecule has 0 heterocycles. The second-order valence-electron chi connectivity index (χ2n) is 3.69. The van der Waals surface area contributed by atoms with Gasteiger partial charge in [-0.1, -0.05) is 0 Å². The second-order valence-corrected chi connectivity index (χ2v) is 20.9. The Morgan fingerprint density at radius 3 is 1.80 bits per heavy atom. The van der Waals surface area contributed by atoms with E-state index in [-0.39, 0.29) is 11.9 Å². The van der Waals surface area contributed by atoms with Crippen LogP contribution < -0.4 is 0 Å². The van der Waals surface area contributed by atoms with Gasteiger partial charge in [0, 0.05) is 0 Å². The first-order chi connectivity index (χ1) is 4.33. The van der Waals surface area contributed by atoms with Gasteiger partial charge in [-0.15, -0.1) is 0 Å². The molecule has 0 saturated heterocycles. The Morgan fingerprint density at radius 1 is 1.30 bits per heavy atom. The second kappa shape index (κ2) is 3.69. The van der Waals surface area contributed by atoms with Crippen LogP contribution in [0, 0.1) is 5.92 Å². The number of carbonyl (C=O) groups excluding carboxylic acids is 1. The number of hydrogen-bond donors (Lipinski definition) is 0. The van der Waals surface area contributed by atoms with Crippen LogP contribution >= 0.6 is 0 Å². The van der Waals surface area contributed by atoms with Gasteiger partial charge in [-0.2, -0.15) is 0 Å². The third-order valence-corrected chi connectivity index (χ3v) is 4.04. The molecule has 0 aromatic rings. The van der Waals surface area contributed by atoms with Crippen LogP contribution in [0.25, 0.3) is 0 Å². The van der Waals surface area contributed by atoms with Crippen molar-refractivity contribution in [3.05, 3.63) is 0 Å². The molecule has 0 saturated carbocycles. The summed E-state index contributed by atoms with van der Waals surface area (Å²) in [5.41, 5.74) is 0. The van der Waals surface area contributed by atoms with E-state index >= 15 is 0 Å². The van der Waals surface area contributed by atoms with Crippen LogP contribution in [0.4, 0.5) is 0 Å². The third kappa shape index (κ3) is 5.20. The van der Waals surface area contributed by atoms with Crippen molar-refractivity contribution in [2.24, 2.45) is 5.92 Å². The fourth-order valence-corrected chi connectivity index (χ4v) is 3.68. The molecule has 2 nitrogen and oxygen atoms in total. The summed E-state index contributed by atoms with van der Waals surface area (Å²) >= 11 is -2.40. The van der Waals surface area contributed by atoms with Crippen molar-refractivity contribution in [1.82, 2.24) is 0 Å². The van der Waals surface area contributed by atoms with E-state index in [1.807, 2.05) is 13.8 Å². The normalized spacial score (nSPS) is 11.8. The molecule has 0 aliphatic heterocycles. The molecule has 0 aromatic carbocycles. The molecule has 0 fully saturated rings. The van der Waals surface area contributed by atoms with E-state index < -0.39 is 21.6 Å². The van der Waals surface area contributed by atoms with Crippen molar-refractivity contribution in [3.8, 4) is 0 Å². The Labute approximate surface area is 68.3 Å². The molecule has 0 aliphatic rings. The van der Waals surface area contributed by atoms with Crippen molar-refractivity contribution in [1.29, 1.82) is 0 Å². The van der Waals surface area contributed by atoms with Crippen LogP contribution in [0.5, 0.6) is 0 Å². The molecular weight excluding hydrogens is 323 g/mol. The van der Waals surface area contributed by atoms with Crippen LogP contribution in [0.2, 0.25) is 13.4 Å². The quantitative estimate of drug-likeness (QED) is 0.720. The van der Waals surface area contributed by atoms with Crippen molar-refractivity contribution >= 4 is 27.6 Å². The number of rotatable bonds is 2. The summed E-state index contributed by atoms with van der Waals surface area (Å²) in [5, 5.41) is 0. The van der Waals surface area contributed by atoms with Gasteiger partial charge in [-0.25, -0.2) is 0 Å². The van der Waals surface area contributed by atoms with Gasteiger partial charge in [0.15, 0.2) is 0 Å². The third-order valence-electron chi connectivity index (χ3n) is 0.878. The summed E-state index contributed by atoms with van der Waals surface area (Å²) in [5.74, 6) is -0.00612. The zero-order valence-corrected chi connectivity index (χ0v) is 11.3. The average molecular weight is 339 g/mol. The monoisotopic (exact) mass is 340 g/mol. The van der Waals surface area contributed by atoms with E-state index in [1.54, 1.807) is 0 Å². The molecular formula is C7H16O2Pb. The van der Waals surface area contributed by atoms with Gasteiger partial charge in [0.2, 0.25) is 0 Å². The Bertz CT molecular complexity index is 124. The van der Waals surface area contributed by atoms with Gasteiger partial charge in [-0.05, 0) is 0 Å².